The van der Waals surface area contributed by atoms with E-state index < -0.39 is 11.8 Å². The molecule has 0 radical (unpaired) electrons. The number of carbonyl (C=O) groups excluding carboxylic acids is 2. The second-order valence-corrected chi connectivity index (χ2v) is 6.25. The second-order valence-electron chi connectivity index (χ2n) is 4.96. The molecule has 6 heteroatoms. The summed E-state index contributed by atoms with van der Waals surface area (Å²) in [6.07, 6.45) is 3.35. The van der Waals surface area contributed by atoms with Gasteiger partial charge >= 0.3 is 5.97 Å². The first-order chi connectivity index (χ1) is 12.1. The van der Waals surface area contributed by atoms with Gasteiger partial charge in [0.05, 0.1) is 11.6 Å². The molecule has 0 saturated carbocycles. The maximum Gasteiger partial charge on any atom is 0.343 e. The van der Waals surface area contributed by atoms with Gasteiger partial charge in [-0.05, 0) is 49.6 Å². The summed E-state index contributed by atoms with van der Waals surface area (Å²) in [5.74, 6) is -1.18. The third kappa shape index (κ3) is 5.11. The molecule has 0 aliphatic rings. The summed E-state index contributed by atoms with van der Waals surface area (Å²) >= 11 is 7.70. The van der Waals surface area contributed by atoms with Crippen LogP contribution in [0.1, 0.15) is 17.3 Å². The molecule has 0 heterocycles. The lowest BCUT2D eigenvalue weighted by Gasteiger charge is -2.09. The first-order valence-electron chi connectivity index (χ1n) is 7.64. The van der Waals surface area contributed by atoms with Crippen molar-refractivity contribution in [2.45, 2.75) is 11.8 Å². The Morgan fingerprint density at radius 2 is 1.84 bits per heavy atom. The Labute approximate surface area is 156 Å². The molecule has 0 fully saturated rings. The van der Waals surface area contributed by atoms with E-state index in [1.54, 1.807) is 43.0 Å². The molecule has 2 aromatic carbocycles. The van der Waals surface area contributed by atoms with Crippen LogP contribution in [0.3, 0.4) is 0 Å². The van der Waals surface area contributed by atoms with Gasteiger partial charge in [-0.25, -0.2) is 4.79 Å². The van der Waals surface area contributed by atoms with Gasteiger partial charge in [0.1, 0.15) is 5.57 Å². The minimum absolute atomic E-state index is 0.108. The van der Waals surface area contributed by atoms with Crippen LogP contribution >= 0.6 is 23.4 Å². The Morgan fingerprint density at radius 1 is 1.16 bits per heavy atom. The molecule has 2 rings (SSSR count). The van der Waals surface area contributed by atoms with Gasteiger partial charge in [0.15, 0.2) is 0 Å². The number of nitrogens with one attached hydrogen (secondary N) is 1. The molecule has 0 aromatic heterocycles. The van der Waals surface area contributed by atoms with Gasteiger partial charge in [-0.1, -0.05) is 23.7 Å². The number of halogens is 1. The number of anilines is 1. The average molecular weight is 376 g/mol. The average Bonchev–Trinajstić information content (AvgIpc) is 2.63. The number of hydrogen-bond acceptors (Lipinski definition) is 5. The Balaban J connectivity index is 2.30. The Bertz CT molecular complexity index is 788. The van der Waals surface area contributed by atoms with E-state index in [1.807, 2.05) is 30.5 Å². The molecule has 4 nitrogen and oxygen atoms in total. The summed E-state index contributed by atoms with van der Waals surface area (Å²) in [5, 5.41) is 3.25. The van der Waals surface area contributed by atoms with Crippen LogP contribution in [-0.4, -0.2) is 24.6 Å². The summed E-state index contributed by atoms with van der Waals surface area (Å²) < 4.78 is 5.00. The number of carbonyl (C=O) groups is 2. The van der Waals surface area contributed by atoms with Gasteiger partial charge < -0.3 is 10.1 Å². The maximum absolute atomic E-state index is 12.7. The number of benzene rings is 2. The van der Waals surface area contributed by atoms with Gasteiger partial charge in [0, 0.05) is 22.3 Å². The standard InChI is InChI=1S/C19H18ClNO3S/c1-3-24-19(23)16(18(22)15-6-4-5-7-17(15)20)12-21-13-8-10-14(25-2)11-9-13/h4-12,21H,3H2,1-2H3. The summed E-state index contributed by atoms with van der Waals surface area (Å²) in [5.41, 5.74) is 0.901. The molecule has 0 aliphatic heterocycles. The topological polar surface area (TPSA) is 55.4 Å². The summed E-state index contributed by atoms with van der Waals surface area (Å²) in [6.45, 7) is 1.86. The van der Waals surface area contributed by atoms with Crippen molar-refractivity contribution in [3.05, 3.63) is 70.9 Å². The van der Waals surface area contributed by atoms with Crippen molar-refractivity contribution in [1.82, 2.24) is 0 Å². The van der Waals surface area contributed by atoms with Crippen LogP contribution in [0.25, 0.3) is 0 Å². The molecule has 0 aliphatic carbocycles. The van der Waals surface area contributed by atoms with Crippen LogP contribution in [0.15, 0.2) is 65.2 Å². The number of ether oxygens (including phenoxy) is 1. The third-order valence-corrected chi connectivity index (χ3v) is 4.40. The molecule has 2 aromatic rings. The molecular weight excluding hydrogens is 358 g/mol. The zero-order valence-corrected chi connectivity index (χ0v) is 15.5. The quantitative estimate of drug-likeness (QED) is 0.188. The molecule has 0 spiro atoms. The van der Waals surface area contributed by atoms with Gasteiger partial charge in [0.2, 0.25) is 5.78 Å². The molecular formula is C19H18ClNO3S. The normalized spacial score (nSPS) is 11.1. The Morgan fingerprint density at radius 3 is 2.44 bits per heavy atom. The fourth-order valence-electron chi connectivity index (χ4n) is 2.06. The largest absolute Gasteiger partial charge is 0.462 e. The van der Waals surface area contributed by atoms with Gasteiger partial charge in [-0.15, -0.1) is 11.8 Å². The first-order valence-corrected chi connectivity index (χ1v) is 9.24. The van der Waals surface area contributed by atoms with Crippen LogP contribution in [-0.2, 0) is 9.53 Å². The maximum atomic E-state index is 12.7. The van der Waals surface area contributed by atoms with Crippen LogP contribution in [0.2, 0.25) is 5.02 Å². The van der Waals surface area contributed by atoms with E-state index in [2.05, 4.69) is 5.32 Å². The molecule has 0 bridgehead atoms. The molecule has 0 atom stereocenters. The molecule has 1 N–H and O–H groups in total. The zero-order valence-electron chi connectivity index (χ0n) is 13.9. The SMILES string of the molecule is CCOC(=O)C(=CNc1ccc(SC)cc1)C(=O)c1ccccc1Cl. The number of esters is 1. The van der Waals surface area contributed by atoms with Crippen molar-refractivity contribution in [1.29, 1.82) is 0 Å². The van der Waals surface area contributed by atoms with E-state index in [-0.39, 0.29) is 22.8 Å². The van der Waals surface area contributed by atoms with Crippen LogP contribution in [0.5, 0.6) is 0 Å². The monoisotopic (exact) mass is 375 g/mol. The Hall–Kier alpha value is -2.24. The molecule has 25 heavy (non-hydrogen) atoms. The van der Waals surface area contributed by atoms with E-state index >= 15 is 0 Å². The number of rotatable bonds is 7. The molecule has 0 saturated heterocycles. The predicted molar refractivity (Wildman–Crippen MR) is 102 cm³/mol. The highest BCUT2D eigenvalue weighted by atomic mass is 35.5. The van der Waals surface area contributed by atoms with Crippen LogP contribution in [0, 0.1) is 0 Å². The highest BCUT2D eigenvalue weighted by molar-refractivity contribution is 7.98. The fraction of sp³-hybridized carbons (Fsp3) is 0.158. The van der Waals surface area contributed by atoms with Gasteiger partial charge in [0.25, 0.3) is 0 Å². The lowest BCUT2D eigenvalue weighted by molar-refractivity contribution is -0.138. The van der Waals surface area contributed by atoms with E-state index in [0.717, 1.165) is 10.6 Å². The number of Topliss-reactive ketones (excluding diaryl/α,β-unsaturated/α-hetero) is 1. The minimum Gasteiger partial charge on any atom is -0.462 e. The zero-order chi connectivity index (χ0) is 18.2. The van der Waals surface area contributed by atoms with Crippen molar-refractivity contribution in [3.8, 4) is 0 Å². The molecule has 130 valence electrons. The van der Waals surface area contributed by atoms with Gasteiger partial charge in [-0.3, -0.25) is 4.79 Å². The highest BCUT2D eigenvalue weighted by Gasteiger charge is 2.22. The van der Waals surface area contributed by atoms with Crippen LogP contribution in [0.4, 0.5) is 5.69 Å². The van der Waals surface area contributed by atoms with Crippen molar-refractivity contribution in [3.63, 3.8) is 0 Å². The third-order valence-electron chi connectivity index (χ3n) is 3.33. The highest BCUT2D eigenvalue weighted by Crippen LogP contribution is 2.21. The lowest BCUT2D eigenvalue weighted by atomic mass is 10.0. The first kappa shape index (κ1) is 19.1. The number of hydrogen-bond donors (Lipinski definition) is 1. The number of ketones is 1. The summed E-state index contributed by atoms with van der Waals surface area (Å²) in [6, 6.07) is 14.2. The van der Waals surface area contributed by atoms with Crippen molar-refractivity contribution < 1.29 is 14.3 Å². The Kier molecular flexibility index (Phi) is 7.10. The summed E-state index contributed by atoms with van der Waals surface area (Å²) in [4.78, 5) is 26.0. The van der Waals surface area contributed by atoms with E-state index in [0.29, 0.717) is 0 Å². The van der Waals surface area contributed by atoms with Gasteiger partial charge in [-0.2, -0.15) is 0 Å². The van der Waals surface area contributed by atoms with Crippen molar-refractivity contribution in [2.75, 3.05) is 18.2 Å². The number of thioether (sulfide) groups is 1. The van der Waals surface area contributed by atoms with Crippen molar-refractivity contribution in [2.24, 2.45) is 0 Å². The van der Waals surface area contributed by atoms with E-state index in [9.17, 15) is 9.59 Å². The fourth-order valence-corrected chi connectivity index (χ4v) is 2.69. The second kappa shape index (κ2) is 9.30. The minimum atomic E-state index is -0.694. The van der Waals surface area contributed by atoms with E-state index in [1.165, 1.54) is 6.20 Å². The smallest absolute Gasteiger partial charge is 0.343 e. The lowest BCUT2D eigenvalue weighted by Crippen LogP contribution is -2.18. The van der Waals surface area contributed by atoms with Crippen molar-refractivity contribution >= 4 is 40.8 Å². The molecule has 0 unspecified atom stereocenters. The van der Waals surface area contributed by atoms with E-state index in [4.69, 9.17) is 16.3 Å². The predicted octanol–water partition coefficient (Wildman–Crippen LogP) is 4.80. The molecule has 0 amide bonds. The van der Waals surface area contributed by atoms with Crippen LogP contribution < -0.4 is 5.32 Å². The summed E-state index contributed by atoms with van der Waals surface area (Å²) in [7, 11) is 0.